The lowest BCUT2D eigenvalue weighted by Gasteiger charge is -2.31. The van der Waals surface area contributed by atoms with Gasteiger partial charge in [0, 0.05) is 55.5 Å². The molecule has 2 aliphatic carbocycles. The van der Waals surface area contributed by atoms with Gasteiger partial charge in [-0.05, 0) is 109 Å². The molecule has 2 aliphatic heterocycles. The van der Waals surface area contributed by atoms with Crippen molar-refractivity contribution in [1.82, 2.24) is 20.4 Å². The van der Waals surface area contributed by atoms with E-state index in [1.807, 2.05) is 27.8 Å². The van der Waals surface area contributed by atoms with Crippen LogP contribution in [0.25, 0.3) is 0 Å². The van der Waals surface area contributed by atoms with Crippen LogP contribution in [0.1, 0.15) is 86.5 Å². The first-order valence-electron chi connectivity index (χ1n) is 17.2. The van der Waals surface area contributed by atoms with Gasteiger partial charge in [-0.2, -0.15) is 0 Å². The van der Waals surface area contributed by atoms with Crippen molar-refractivity contribution in [3.05, 3.63) is 57.7 Å². The zero-order valence-electron chi connectivity index (χ0n) is 29.6. The molecule has 0 aromatic carbocycles. The molecular formula is C37H60N4O4. The summed E-state index contributed by atoms with van der Waals surface area (Å²) in [5, 5.41) is 6.42. The number of methoxy groups -OCH3 is 1. The highest BCUT2D eigenvalue weighted by Gasteiger charge is 2.42. The Hall–Kier alpha value is -2.39. The third kappa shape index (κ3) is 9.34. The second kappa shape index (κ2) is 15.5. The minimum absolute atomic E-state index is 0.00439. The van der Waals surface area contributed by atoms with Crippen LogP contribution in [0.5, 0.6) is 0 Å². The van der Waals surface area contributed by atoms with Crippen molar-refractivity contribution >= 4 is 5.91 Å². The van der Waals surface area contributed by atoms with Gasteiger partial charge in [0.15, 0.2) is 0 Å². The normalized spacial score (nSPS) is 22.4. The molecule has 1 fully saturated rings. The molecule has 252 valence electrons. The molecular weight excluding hydrogens is 564 g/mol. The van der Waals surface area contributed by atoms with Gasteiger partial charge in [0.1, 0.15) is 6.79 Å². The molecule has 2 N–H and O–H groups in total. The van der Waals surface area contributed by atoms with Gasteiger partial charge in [-0.25, -0.2) is 0 Å². The van der Waals surface area contributed by atoms with Crippen molar-refractivity contribution < 1.29 is 19.0 Å². The summed E-state index contributed by atoms with van der Waals surface area (Å²) in [7, 11) is 5.80. The predicted octanol–water partition coefficient (Wildman–Crippen LogP) is 6.05. The summed E-state index contributed by atoms with van der Waals surface area (Å²) in [4.78, 5) is 18.6. The maximum Gasteiger partial charge on any atom is 0.249 e. The molecule has 1 amide bonds. The summed E-state index contributed by atoms with van der Waals surface area (Å²) in [5.74, 6) is 1.75. The van der Waals surface area contributed by atoms with Crippen LogP contribution in [0.15, 0.2) is 57.7 Å². The van der Waals surface area contributed by atoms with E-state index in [0.717, 1.165) is 49.4 Å². The summed E-state index contributed by atoms with van der Waals surface area (Å²) in [6, 6.07) is 0. The van der Waals surface area contributed by atoms with Crippen molar-refractivity contribution in [3.8, 4) is 0 Å². The highest BCUT2D eigenvalue weighted by atomic mass is 16.7. The summed E-state index contributed by atoms with van der Waals surface area (Å²) >= 11 is 0. The molecule has 0 bridgehead atoms. The van der Waals surface area contributed by atoms with Gasteiger partial charge in [0.2, 0.25) is 5.91 Å². The number of allylic oxidation sites excluding steroid dienone is 6. The van der Waals surface area contributed by atoms with Gasteiger partial charge in [-0.1, -0.05) is 26.2 Å². The number of carbonyl (C=O) groups excluding carboxylic acids is 1. The molecule has 0 aromatic rings. The number of rotatable bonds is 13. The average Bonchev–Trinajstić information content (AvgIpc) is 3.13. The van der Waals surface area contributed by atoms with Gasteiger partial charge in [0.25, 0.3) is 0 Å². The number of nitrogens with one attached hydrogen (secondary N) is 2. The van der Waals surface area contributed by atoms with Crippen LogP contribution in [0, 0.1) is 11.8 Å². The van der Waals surface area contributed by atoms with Crippen LogP contribution in [0.4, 0.5) is 0 Å². The van der Waals surface area contributed by atoms with Crippen molar-refractivity contribution in [2.75, 3.05) is 60.7 Å². The first kappa shape index (κ1) is 35.5. The lowest BCUT2D eigenvalue weighted by atomic mass is 9.77. The van der Waals surface area contributed by atoms with Crippen LogP contribution >= 0.6 is 0 Å². The van der Waals surface area contributed by atoms with E-state index in [1.54, 1.807) is 12.7 Å². The number of amides is 1. The Balaban J connectivity index is 1.72. The molecule has 0 saturated heterocycles. The summed E-state index contributed by atoms with van der Waals surface area (Å²) < 4.78 is 18.0. The second-order valence-electron chi connectivity index (χ2n) is 14.7. The number of carbonyl (C=O) groups is 1. The minimum atomic E-state index is -0.550. The van der Waals surface area contributed by atoms with E-state index >= 15 is 0 Å². The van der Waals surface area contributed by atoms with E-state index in [0.29, 0.717) is 19.0 Å². The Morgan fingerprint density at radius 2 is 1.76 bits per heavy atom. The number of fused-ring (bicyclic) bond motifs is 2. The van der Waals surface area contributed by atoms with Crippen LogP contribution in [-0.4, -0.2) is 87.6 Å². The van der Waals surface area contributed by atoms with Crippen LogP contribution < -0.4 is 10.6 Å². The third-order valence-corrected chi connectivity index (χ3v) is 9.54. The van der Waals surface area contributed by atoms with Crippen molar-refractivity contribution in [3.63, 3.8) is 0 Å². The number of hydrogen-bond acceptors (Lipinski definition) is 7. The van der Waals surface area contributed by atoms with E-state index in [4.69, 9.17) is 14.2 Å². The SMILES string of the molecule is CNCCN(C)CCNC(=O)C1=CC2=C(CCC(OC)=C2)C2=C(C3CCCCC3)[C@@H](C)/C(=C\C(C)(C)OCOC(C)(C)C)N2C1. The largest absolute Gasteiger partial charge is 0.501 e. The van der Waals surface area contributed by atoms with Gasteiger partial charge in [0.05, 0.1) is 30.6 Å². The molecule has 1 saturated carbocycles. The first-order valence-corrected chi connectivity index (χ1v) is 17.2. The summed E-state index contributed by atoms with van der Waals surface area (Å²) in [6.45, 7) is 16.7. The van der Waals surface area contributed by atoms with Gasteiger partial charge in [-0.15, -0.1) is 0 Å². The molecule has 2 heterocycles. The zero-order chi connectivity index (χ0) is 32.8. The predicted molar refractivity (Wildman–Crippen MR) is 182 cm³/mol. The molecule has 8 nitrogen and oxygen atoms in total. The molecule has 0 spiro atoms. The standard InChI is InChI=1S/C37H60N4O4/c1-26-32(23-37(5,6)45-25-44-36(2,3)4)41-24-29(35(42)39-18-20-40(8)19-17-38-7)21-28-22-30(43-9)15-16-31(28)34(41)33(26)27-13-11-10-12-14-27/h21-23,26-27,38H,10-20,24-25H2,1-9H3,(H,39,42)/b32-23+/t26-/m0/s1. The maximum absolute atomic E-state index is 13.9. The van der Waals surface area contributed by atoms with Crippen molar-refractivity contribution in [1.29, 1.82) is 0 Å². The quantitative estimate of drug-likeness (QED) is 0.242. The van der Waals surface area contributed by atoms with E-state index < -0.39 is 5.60 Å². The van der Waals surface area contributed by atoms with Crippen LogP contribution in [0.2, 0.25) is 0 Å². The molecule has 0 aromatic heterocycles. The van der Waals surface area contributed by atoms with Crippen LogP contribution in [-0.2, 0) is 19.0 Å². The highest BCUT2D eigenvalue weighted by Crippen LogP contribution is 2.51. The average molecular weight is 625 g/mol. The number of likely N-dealkylation sites (N-methyl/N-ethyl adjacent to an activating group) is 2. The molecule has 4 rings (SSSR count). The molecule has 0 unspecified atom stereocenters. The number of ether oxygens (including phenoxy) is 3. The van der Waals surface area contributed by atoms with Crippen molar-refractivity contribution in [2.45, 2.75) is 97.7 Å². The number of hydrogen-bond donors (Lipinski definition) is 2. The fourth-order valence-electron chi connectivity index (χ4n) is 7.01. The fourth-order valence-corrected chi connectivity index (χ4v) is 7.01. The smallest absolute Gasteiger partial charge is 0.249 e. The first-order chi connectivity index (χ1) is 21.3. The lowest BCUT2D eigenvalue weighted by molar-refractivity contribution is -0.156. The third-order valence-electron chi connectivity index (χ3n) is 9.54. The molecule has 4 aliphatic rings. The van der Waals surface area contributed by atoms with E-state index in [2.05, 4.69) is 66.5 Å². The Morgan fingerprint density at radius 3 is 2.42 bits per heavy atom. The Morgan fingerprint density at radius 1 is 1.04 bits per heavy atom. The Bertz CT molecular complexity index is 1210. The maximum atomic E-state index is 13.9. The topological polar surface area (TPSA) is 75.3 Å². The summed E-state index contributed by atoms with van der Waals surface area (Å²) in [5.41, 5.74) is 6.53. The second-order valence-corrected chi connectivity index (χ2v) is 14.7. The fraction of sp³-hybridized carbons (Fsp3) is 0.703. The lowest BCUT2D eigenvalue weighted by Crippen LogP contribution is -2.38. The monoisotopic (exact) mass is 624 g/mol. The zero-order valence-corrected chi connectivity index (χ0v) is 29.6. The highest BCUT2D eigenvalue weighted by molar-refractivity contribution is 5.95. The summed E-state index contributed by atoms with van der Waals surface area (Å²) in [6.07, 6.45) is 14.7. The van der Waals surface area contributed by atoms with Crippen molar-refractivity contribution in [2.24, 2.45) is 11.8 Å². The minimum Gasteiger partial charge on any atom is -0.501 e. The van der Waals surface area contributed by atoms with Gasteiger partial charge >= 0.3 is 0 Å². The van der Waals surface area contributed by atoms with E-state index in [-0.39, 0.29) is 24.2 Å². The Kier molecular flexibility index (Phi) is 12.2. The molecule has 0 radical (unpaired) electrons. The Labute approximate surface area is 273 Å². The molecule has 1 atom stereocenters. The van der Waals surface area contributed by atoms with E-state index in [9.17, 15) is 4.79 Å². The molecule has 45 heavy (non-hydrogen) atoms. The molecule has 8 heteroatoms. The van der Waals surface area contributed by atoms with Gasteiger partial charge in [-0.3, -0.25) is 4.79 Å². The van der Waals surface area contributed by atoms with E-state index in [1.165, 1.54) is 49.1 Å². The number of nitrogens with zero attached hydrogens (tertiary/aromatic N) is 2. The van der Waals surface area contributed by atoms with Crippen LogP contribution in [0.3, 0.4) is 0 Å². The van der Waals surface area contributed by atoms with Gasteiger partial charge < -0.3 is 34.6 Å².